The number of aliphatic hydroxyl groups excluding tert-OH is 1. The number of hydrogen-bond acceptors (Lipinski definition) is 5. The van der Waals surface area contributed by atoms with Gasteiger partial charge in [-0.25, -0.2) is 9.37 Å². The average molecular weight is 316 g/mol. The van der Waals surface area contributed by atoms with Crippen molar-refractivity contribution in [3.8, 4) is 0 Å². The molecule has 23 heavy (non-hydrogen) atoms. The lowest BCUT2D eigenvalue weighted by atomic mass is 10.2. The van der Waals surface area contributed by atoms with Crippen molar-refractivity contribution >= 4 is 11.8 Å². The fourth-order valence-corrected chi connectivity index (χ4v) is 2.34. The Morgan fingerprint density at radius 1 is 1.17 bits per heavy atom. The van der Waals surface area contributed by atoms with E-state index in [1.807, 2.05) is 12.1 Å². The highest BCUT2D eigenvalue weighted by atomic mass is 19.1. The maximum Gasteiger partial charge on any atom is 0.224 e. The van der Waals surface area contributed by atoms with Crippen LogP contribution < -0.4 is 10.6 Å². The molecule has 1 heterocycles. The average Bonchev–Trinajstić information content (AvgIpc) is 3.38. The van der Waals surface area contributed by atoms with E-state index in [-0.39, 0.29) is 12.4 Å². The molecular weight excluding hydrogens is 295 g/mol. The van der Waals surface area contributed by atoms with Gasteiger partial charge in [0.25, 0.3) is 0 Å². The summed E-state index contributed by atoms with van der Waals surface area (Å²) in [6, 6.07) is 8.48. The van der Waals surface area contributed by atoms with Crippen molar-refractivity contribution in [2.45, 2.75) is 31.7 Å². The molecule has 0 aliphatic heterocycles. The minimum Gasteiger partial charge on any atom is -0.396 e. The van der Waals surface area contributed by atoms with Crippen LogP contribution in [0.15, 0.2) is 30.3 Å². The molecule has 0 bridgehead atoms. The third-order valence-electron chi connectivity index (χ3n) is 3.72. The Hall–Kier alpha value is -2.21. The Balaban J connectivity index is 1.69. The topological polar surface area (TPSA) is 70.1 Å². The molecule has 5 nitrogen and oxygen atoms in total. The van der Waals surface area contributed by atoms with Gasteiger partial charge in [0.05, 0.1) is 5.69 Å². The summed E-state index contributed by atoms with van der Waals surface area (Å²) in [6.07, 6.45) is 2.98. The van der Waals surface area contributed by atoms with E-state index in [1.54, 1.807) is 6.07 Å². The molecule has 1 fully saturated rings. The third kappa shape index (κ3) is 4.63. The van der Waals surface area contributed by atoms with Gasteiger partial charge >= 0.3 is 0 Å². The largest absolute Gasteiger partial charge is 0.396 e. The second-order valence-electron chi connectivity index (χ2n) is 5.76. The van der Waals surface area contributed by atoms with E-state index in [0.29, 0.717) is 31.4 Å². The lowest BCUT2D eigenvalue weighted by Gasteiger charge is -2.11. The van der Waals surface area contributed by atoms with E-state index in [0.717, 1.165) is 29.9 Å². The Kier molecular flexibility index (Phi) is 5.02. The van der Waals surface area contributed by atoms with E-state index in [2.05, 4.69) is 20.6 Å². The highest BCUT2D eigenvalue weighted by Gasteiger charge is 2.26. The maximum absolute atomic E-state index is 13.2. The number of nitrogens with one attached hydrogen (secondary N) is 2. The highest BCUT2D eigenvalue weighted by molar-refractivity contribution is 5.44. The van der Waals surface area contributed by atoms with E-state index in [1.165, 1.54) is 12.1 Å². The van der Waals surface area contributed by atoms with Crippen LogP contribution in [0.25, 0.3) is 0 Å². The number of aliphatic hydroxyl groups is 1. The van der Waals surface area contributed by atoms with E-state index in [4.69, 9.17) is 5.11 Å². The summed E-state index contributed by atoms with van der Waals surface area (Å²) in [6.45, 7) is 1.28. The first-order chi connectivity index (χ1) is 11.2. The van der Waals surface area contributed by atoms with Gasteiger partial charge in [0.2, 0.25) is 5.95 Å². The van der Waals surface area contributed by atoms with Crippen molar-refractivity contribution in [3.63, 3.8) is 0 Å². The molecule has 1 saturated carbocycles. The van der Waals surface area contributed by atoms with Gasteiger partial charge in [0.15, 0.2) is 0 Å². The Morgan fingerprint density at radius 3 is 2.78 bits per heavy atom. The standard InChI is InChI=1S/C17H21FN4O/c18-14-4-1-3-12(9-14)11-20-16-10-15(13-5-6-13)21-17(22-16)19-7-2-8-23/h1,3-4,9-10,13,23H,2,5-8,11H2,(H2,19,20,21,22). The van der Waals surface area contributed by atoms with Crippen LogP contribution in [0.1, 0.15) is 36.4 Å². The lowest BCUT2D eigenvalue weighted by molar-refractivity contribution is 0.292. The highest BCUT2D eigenvalue weighted by Crippen LogP contribution is 2.39. The van der Waals surface area contributed by atoms with Gasteiger partial charge < -0.3 is 15.7 Å². The number of nitrogens with zero attached hydrogens (tertiary/aromatic N) is 2. The predicted octanol–water partition coefficient (Wildman–Crippen LogP) is 2.90. The summed E-state index contributed by atoms with van der Waals surface area (Å²) in [5.41, 5.74) is 1.90. The van der Waals surface area contributed by atoms with Crippen molar-refractivity contribution < 1.29 is 9.50 Å². The molecule has 3 rings (SSSR count). The van der Waals surface area contributed by atoms with Crippen molar-refractivity contribution in [2.75, 3.05) is 23.8 Å². The zero-order chi connectivity index (χ0) is 16.1. The van der Waals surface area contributed by atoms with Crippen LogP contribution in [-0.4, -0.2) is 28.2 Å². The van der Waals surface area contributed by atoms with Gasteiger partial charge in [-0.15, -0.1) is 0 Å². The molecular formula is C17H21FN4O. The van der Waals surface area contributed by atoms with Crippen LogP contribution in [0.4, 0.5) is 16.2 Å². The normalized spacial score (nSPS) is 13.8. The monoisotopic (exact) mass is 316 g/mol. The van der Waals surface area contributed by atoms with Crippen LogP contribution in [0.5, 0.6) is 0 Å². The lowest BCUT2D eigenvalue weighted by Crippen LogP contribution is -2.10. The van der Waals surface area contributed by atoms with Crippen molar-refractivity contribution in [1.29, 1.82) is 0 Å². The van der Waals surface area contributed by atoms with Crippen LogP contribution >= 0.6 is 0 Å². The van der Waals surface area contributed by atoms with Gasteiger partial charge in [-0.1, -0.05) is 12.1 Å². The van der Waals surface area contributed by atoms with E-state index >= 15 is 0 Å². The Morgan fingerprint density at radius 2 is 2.04 bits per heavy atom. The summed E-state index contributed by atoms with van der Waals surface area (Å²) in [7, 11) is 0. The zero-order valence-corrected chi connectivity index (χ0v) is 12.9. The van der Waals surface area contributed by atoms with Gasteiger partial charge in [-0.2, -0.15) is 4.98 Å². The number of halogens is 1. The van der Waals surface area contributed by atoms with Crippen LogP contribution in [0.3, 0.4) is 0 Å². The SMILES string of the molecule is OCCCNc1nc(NCc2cccc(F)c2)cc(C2CC2)n1. The summed E-state index contributed by atoms with van der Waals surface area (Å²) in [5, 5.41) is 15.2. The molecule has 0 unspecified atom stereocenters. The number of benzene rings is 1. The second-order valence-corrected chi connectivity index (χ2v) is 5.76. The third-order valence-corrected chi connectivity index (χ3v) is 3.72. The Labute approximate surface area is 135 Å². The smallest absolute Gasteiger partial charge is 0.224 e. The molecule has 1 aromatic carbocycles. The van der Waals surface area contributed by atoms with Crippen molar-refractivity contribution in [3.05, 3.63) is 47.4 Å². The van der Waals surface area contributed by atoms with E-state index in [9.17, 15) is 4.39 Å². The number of rotatable bonds is 8. The first-order valence-electron chi connectivity index (χ1n) is 7.96. The fraction of sp³-hybridized carbons (Fsp3) is 0.412. The molecule has 1 aromatic heterocycles. The molecule has 0 amide bonds. The number of hydrogen-bond donors (Lipinski definition) is 3. The zero-order valence-electron chi connectivity index (χ0n) is 12.9. The molecule has 1 aliphatic carbocycles. The van der Waals surface area contributed by atoms with Crippen molar-refractivity contribution in [2.24, 2.45) is 0 Å². The Bertz CT molecular complexity index is 661. The molecule has 1 aliphatic rings. The molecule has 0 atom stereocenters. The van der Waals surface area contributed by atoms with Crippen LogP contribution in [0, 0.1) is 5.82 Å². The molecule has 122 valence electrons. The van der Waals surface area contributed by atoms with Gasteiger partial charge in [-0.3, -0.25) is 0 Å². The summed E-state index contributed by atoms with van der Waals surface area (Å²) >= 11 is 0. The fourth-order valence-electron chi connectivity index (χ4n) is 2.34. The predicted molar refractivity (Wildman–Crippen MR) is 87.9 cm³/mol. The summed E-state index contributed by atoms with van der Waals surface area (Å²) in [4.78, 5) is 8.98. The molecule has 0 saturated heterocycles. The minimum absolute atomic E-state index is 0.139. The number of aromatic nitrogens is 2. The molecule has 2 aromatic rings. The second kappa shape index (κ2) is 7.37. The molecule has 6 heteroatoms. The number of anilines is 2. The molecule has 3 N–H and O–H groups in total. The molecule has 0 radical (unpaired) electrons. The maximum atomic E-state index is 13.2. The van der Waals surface area contributed by atoms with Crippen molar-refractivity contribution in [1.82, 2.24) is 9.97 Å². The van der Waals surface area contributed by atoms with Gasteiger partial charge in [0.1, 0.15) is 11.6 Å². The van der Waals surface area contributed by atoms with E-state index < -0.39 is 0 Å². The van der Waals surface area contributed by atoms with Crippen LogP contribution in [0.2, 0.25) is 0 Å². The van der Waals surface area contributed by atoms with Gasteiger partial charge in [-0.05, 0) is 37.0 Å². The quantitative estimate of drug-likeness (QED) is 0.653. The molecule has 0 spiro atoms. The van der Waals surface area contributed by atoms with Gasteiger partial charge in [0, 0.05) is 31.7 Å². The summed E-state index contributed by atoms with van der Waals surface area (Å²) < 4.78 is 13.2. The summed E-state index contributed by atoms with van der Waals surface area (Å²) in [5.74, 6) is 1.59. The first-order valence-corrected chi connectivity index (χ1v) is 7.96. The van der Waals surface area contributed by atoms with Crippen LogP contribution in [-0.2, 0) is 6.54 Å². The first kappa shape index (κ1) is 15.7. The minimum atomic E-state index is -0.239.